The highest BCUT2D eigenvalue weighted by Crippen LogP contribution is 2.24. The number of nitrogens with one attached hydrogen (secondary N) is 1. The lowest BCUT2D eigenvalue weighted by Crippen LogP contribution is -2.36. The van der Waals surface area contributed by atoms with Crippen molar-refractivity contribution in [3.63, 3.8) is 0 Å². The van der Waals surface area contributed by atoms with Crippen LogP contribution in [0, 0.1) is 6.92 Å². The number of anilines is 2. The van der Waals surface area contributed by atoms with Crippen molar-refractivity contribution in [2.24, 2.45) is 0 Å². The monoisotopic (exact) mass is 426 g/mol. The summed E-state index contributed by atoms with van der Waals surface area (Å²) in [4.78, 5) is 26.3. The number of benzene rings is 2. The van der Waals surface area contributed by atoms with E-state index in [2.05, 4.69) is 24.1 Å². The maximum absolute atomic E-state index is 12.1. The van der Waals surface area contributed by atoms with Gasteiger partial charge in [-0.3, -0.25) is 4.79 Å². The number of carbonyl (C=O) groups is 2. The van der Waals surface area contributed by atoms with Crippen LogP contribution in [0.25, 0.3) is 0 Å². The molecule has 3 rings (SSSR count). The van der Waals surface area contributed by atoms with Crippen LogP contribution in [0.2, 0.25) is 0 Å². The molecule has 1 heterocycles. The Balaban J connectivity index is 1.42. The summed E-state index contributed by atoms with van der Waals surface area (Å²) in [6.45, 7) is 8.64. The smallest absolute Gasteiger partial charge is 0.344 e. The number of carbonyl (C=O) groups excluding carboxylic acids is 2. The number of ether oxygens (including phenoxy) is 3. The van der Waals surface area contributed by atoms with Gasteiger partial charge in [-0.2, -0.15) is 0 Å². The normalized spacial score (nSPS) is 13.7. The molecule has 0 radical (unpaired) electrons. The molecule has 0 aliphatic carbocycles. The molecule has 0 bridgehead atoms. The Bertz CT molecular complexity index is 889. The van der Waals surface area contributed by atoms with Crippen LogP contribution in [-0.4, -0.2) is 51.4 Å². The molecule has 1 amide bonds. The number of aryl methyl sites for hydroxylation is 1. The van der Waals surface area contributed by atoms with Crippen LogP contribution in [0.4, 0.5) is 11.4 Å². The maximum Gasteiger partial charge on any atom is 0.344 e. The fourth-order valence-electron chi connectivity index (χ4n) is 3.23. The van der Waals surface area contributed by atoms with Crippen molar-refractivity contribution in [1.29, 1.82) is 0 Å². The highest BCUT2D eigenvalue weighted by atomic mass is 16.6. The number of hydrogen-bond acceptors (Lipinski definition) is 6. The molecular formula is C24H30N2O5. The first kappa shape index (κ1) is 22.6. The molecule has 1 saturated heterocycles. The van der Waals surface area contributed by atoms with Gasteiger partial charge in [0, 0.05) is 24.5 Å². The molecule has 1 aliphatic rings. The lowest BCUT2D eigenvalue weighted by atomic mass is 10.0. The van der Waals surface area contributed by atoms with Crippen molar-refractivity contribution >= 4 is 23.3 Å². The lowest BCUT2D eigenvalue weighted by Gasteiger charge is -2.28. The SMILES string of the molecule is Cc1ccc(C(C)C)cc1OCC(=O)OCC(=O)Nc1ccc(N2CCOCC2)cc1. The van der Waals surface area contributed by atoms with Crippen LogP contribution in [0.1, 0.15) is 30.9 Å². The zero-order chi connectivity index (χ0) is 22.2. The van der Waals surface area contributed by atoms with E-state index in [-0.39, 0.29) is 13.2 Å². The van der Waals surface area contributed by atoms with E-state index in [9.17, 15) is 9.59 Å². The Hall–Kier alpha value is -3.06. The second-order valence-corrected chi connectivity index (χ2v) is 7.82. The fraction of sp³-hybridized carbons (Fsp3) is 0.417. The summed E-state index contributed by atoms with van der Waals surface area (Å²) in [5.41, 5.74) is 3.81. The minimum Gasteiger partial charge on any atom is -0.482 e. The van der Waals surface area contributed by atoms with E-state index in [1.165, 1.54) is 0 Å². The van der Waals surface area contributed by atoms with Gasteiger partial charge in [-0.05, 0) is 54.3 Å². The van der Waals surface area contributed by atoms with Crippen LogP contribution in [-0.2, 0) is 19.1 Å². The Morgan fingerprint density at radius 1 is 1.06 bits per heavy atom. The summed E-state index contributed by atoms with van der Waals surface area (Å²) in [5.74, 6) is 0.0205. The van der Waals surface area contributed by atoms with Crippen molar-refractivity contribution in [2.75, 3.05) is 49.7 Å². The van der Waals surface area contributed by atoms with Crippen molar-refractivity contribution in [3.8, 4) is 5.75 Å². The van der Waals surface area contributed by atoms with Gasteiger partial charge in [-0.15, -0.1) is 0 Å². The first-order chi connectivity index (χ1) is 14.9. The molecule has 0 saturated carbocycles. The van der Waals surface area contributed by atoms with Gasteiger partial charge in [-0.1, -0.05) is 26.0 Å². The topological polar surface area (TPSA) is 77.1 Å². The fourth-order valence-corrected chi connectivity index (χ4v) is 3.23. The molecule has 0 aromatic heterocycles. The largest absolute Gasteiger partial charge is 0.482 e. The third kappa shape index (κ3) is 6.72. The predicted molar refractivity (Wildman–Crippen MR) is 120 cm³/mol. The van der Waals surface area contributed by atoms with Gasteiger partial charge in [-0.25, -0.2) is 4.79 Å². The molecule has 0 unspecified atom stereocenters. The molecule has 0 spiro atoms. The van der Waals surface area contributed by atoms with Crippen molar-refractivity contribution in [2.45, 2.75) is 26.7 Å². The van der Waals surface area contributed by atoms with E-state index < -0.39 is 11.9 Å². The van der Waals surface area contributed by atoms with Crippen molar-refractivity contribution in [1.82, 2.24) is 0 Å². The summed E-state index contributed by atoms with van der Waals surface area (Å²) in [7, 11) is 0. The molecule has 7 nitrogen and oxygen atoms in total. The van der Waals surface area contributed by atoms with Gasteiger partial charge >= 0.3 is 5.97 Å². The van der Waals surface area contributed by atoms with E-state index in [1.807, 2.05) is 49.4 Å². The highest BCUT2D eigenvalue weighted by Gasteiger charge is 2.13. The van der Waals surface area contributed by atoms with E-state index in [4.69, 9.17) is 14.2 Å². The summed E-state index contributed by atoms with van der Waals surface area (Å²) in [6.07, 6.45) is 0. The van der Waals surface area contributed by atoms with E-state index in [1.54, 1.807) is 0 Å². The molecule has 1 fully saturated rings. The molecule has 0 atom stereocenters. The van der Waals surface area contributed by atoms with Crippen LogP contribution >= 0.6 is 0 Å². The quantitative estimate of drug-likeness (QED) is 0.651. The number of morpholine rings is 1. The molecular weight excluding hydrogens is 396 g/mol. The molecule has 31 heavy (non-hydrogen) atoms. The third-order valence-corrected chi connectivity index (χ3v) is 5.12. The molecule has 7 heteroatoms. The molecule has 1 aliphatic heterocycles. The summed E-state index contributed by atoms with van der Waals surface area (Å²) in [5, 5.41) is 2.73. The average molecular weight is 427 g/mol. The Labute approximate surface area is 183 Å². The molecule has 166 valence electrons. The highest BCUT2D eigenvalue weighted by molar-refractivity contribution is 5.93. The summed E-state index contributed by atoms with van der Waals surface area (Å²) in [6, 6.07) is 13.5. The number of rotatable bonds is 8. The maximum atomic E-state index is 12.1. The minimum atomic E-state index is -0.591. The number of hydrogen-bond donors (Lipinski definition) is 1. The average Bonchev–Trinajstić information content (AvgIpc) is 2.78. The van der Waals surface area contributed by atoms with Crippen LogP contribution in [0.3, 0.4) is 0 Å². The first-order valence-corrected chi connectivity index (χ1v) is 10.5. The summed E-state index contributed by atoms with van der Waals surface area (Å²) >= 11 is 0. The van der Waals surface area contributed by atoms with Gasteiger partial charge in [0.05, 0.1) is 13.2 Å². The van der Waals surface area contributed by atoms with Gasteiger partial charge in [0.15, 0.2) is 13.2 Å². The van der Waals surface area contributed by atoms with Gasteiger partial charge in [0.25, 0.3) is 5.91 Å². The zero-order valence-corrected chi connectivity index (χ0v) is 18.3. The standard InChI is InChI=1S/C24H30N2O5/c1-17(2)19-5-4-18(3)22(14-19)30-16-24(28)31-15-23(27)25-20-6-8-21(9-7-20)26-10-12-29-13-11-26/h4-9,14,17H,10-13,15-16H2,1-3H3,(H,25,27). The van der Waals surface area contributed by atoms with E-state index >= 15 is 0 Å². The summed E-state index contributed by atoms with van der Waals surface area (Å²) < 4.78 is 16.0. The Morgan fingerprint density at radius 3 is 2.45 bits per heavy atom. The second-order valence-electron chi connectivity index (χ2n) is 7.82. The van der Waals surface area contributed by atoms with Gasteiger partial charge in [0.1, 0.15) is 5.75 Å². The number of esters is 1. The van der Waals surface area contributed by atoms with Crippen molar-refractivity contribution < 1.29 is 23.8 Å². The third-order valence-electron chi connectivity index (χ3n) is 5.12. The van der Waals surface area contributed by atoms with Crippen LogP contribution in [0.5, 0.6) is 5.75 Å². The van der Waals surface area contributed by atoms with E-state index in [0.717, 1.165) is 43.1 Å². The van der Waals surface area contributed by atoms with Crippen LogP contribution in [0.15, 0.2) is 42.5 Å². The van der Waals surface area contributed by atoms with Crippen LogP contribution < -0.4 is 15.0 Å². The van der Waals surface area contributed by atoms with Crippen molar-refractivity contribution in [3.05, 3.63) is 53.6 Å². The second kappa shape index (κ2) is 10.8. The zero-order valence-electron chi connectivity index (χ0n) is 18.3. The van der Waals surface area contributed by atoms with Gasteiger partial charge in [0.2, 0.25) is 0 Å². The first-order valence-electron chi connectivity index (χ1n) is 10.5. The van der Waals surface area contributed by atoms with Gasteiger partial charge < -0.3 is 24.4 Å². The predicted octanol–water partition coefficient (Wildman–Crippen LogP) is 3.52. The van der Waals surface area contributed by atoms with E-state index in [0.29, 0.717) is 17.4 Å². The number of nitrogens with zero attached hydrogens (tertiary/aromatic N) is 1. The Morgan fingerprint density at radius 2 is 1.77 bits per heavy atom. The number of amides is 1. The Kier molecular flexibility index (Phi) is 7.89. The molecule has 1 N–H and O–H groups in total. The lowest BCUT2D eigenvalue weighted by molar-refractivity contribution is -0.149. The molecule has 2 aromatic rings. The molecule has 2 aromatic carbocycles. The minimum absolute atomic E-state index is 0.246.